The topological polar surface area (TPSA) is 68.0 Å². The number of aromatic nitrogens is 1. The second-order valence-electron chi connectivity index (χ2n) is 8.15. The minimum absolute atomic E-state index is 0.101. The van der Waals surface area contributed by atoms with Crippen LogP contribution < -0.4 is 9.64 Å². The zero-order valence-corrected chi connectivity index (χ0v) is 19.1. The van der Waals surface area contributed by atoms with Gasteiger partial charge in [0.15, 0.2) is 0 Å². The highest BCUT2D eigenvalue weighted by Gasteiger charge is 2.29. The predicted octanol–water partition coefficient (Wildman–Crippen LogP) is 4.38. The van der Waals surface area contributed by atoms with Gasteiger partial charge in [-0.3, -0.25) is 4.79 Å². The molecule has 0 radical (unpaired) electrons. The summed E-state index contributed by atoms with van der Waals surface area (Å²) in [6, 6.07) is 13.2. The molecule has 7 nitrogen and oxygen atoms in total. The van der Waals surface area contributed by atoms with E-state index in [1.807, 2.05) is 26.0 Å². The molecule has 1 saturated heterocycles. The number of rotatable bonds is 7. The van der Waals surface area contributed by atoms with Crippen LogP contribution in [0.5, 0.6) is 5.75 Å². The van der Waals surface area contributed by atoms with E-state index in [-0.39, 0.29) is 24.3 Å². The minimum Gasteiger partial charge on any atom is -0.496 e. The van der Waals surface area contributed by atoms with Gasteiger partial charge in [-0.25, -0.2) is 4.39 Å². The number of hydrogen-bond donors (Lipinski definition) is 0. The Morgan fingerprint density at radius 1 is 1.15 bits per heavy atom. The van der Waals surface area contributed by atoms with Crippen molar-refractivity contribution >= 4 is 11.8 Å². The van der Waals surface area contributed by atoms with Crippen molar-refractivity contribution in [3.8, 4) is 17.0 Å². The number of amides is 1. The Bertz CT molecular complexity index is 1090. The lowest BCUT2D eigenvalue weighted by molar-refractivity contribution is 0.0686. The first-order valence-corrected chi connectivity index (χ1v) is 11.0. The van der Waals surface area contributed by atoms with E-state index in [0.717, 1.165) is 11.1 Å². The molecule has 0 bridgehead atoms. The van der Waals surface area contributed by atoms with Crippen molar-refractivity contribution in [1.82, 2.24) is 10.1 Å². The SMILES string of the molecule is COc1ccccc1C(=O)N(Cc1c(-c2ccc(F)cc2)noc1N1CCOCC1)C(C)C. The molecule has 3 aromatic rings. The van der Waals surface area contributed by atoms with Crippen molar-refractivity contribution in [2.75, 3.05) is 38.3 Å². The highest BCUT2D eigenvalue weighted by Crippen LogP contribution is 2.34. The fraction of sp³-hybridized carbons (Fsp3) is 0.360. The number of anilines is 1. The lowest BCUT2D eigenvalue weighted by Gasteiger charge is -2.30. The summed E-state index contributed by atoms with van der Waals surface area (Å²) in [5.74, 6) is 0.649. The average Bonchev–Trinajstić information content (AvgIpc) is 3.26. The van der Waals surface area contributed by atoms with Gasteiger partial charge in [0.05, 0.1) is 38.0 Å². The second-order valence-corrected chi connectivity index (χ2v) is 8.15. The van der Waals surface area contributed by atoms with E-state index in [0.29, 0.717) is 49.2 Å². The van der Waals surface area contributed by atoms with Gasteiger partial charge in [0.1, 0.15) is 17.3 Å². The zero-order chi connectivity index (χ0) is 23.4. The number of carbonyl (C=O) groups is 1. The van der Waals surface area contributed by atoms with Crippen molar-refractivity contribution in [2.24, 2.45) is 0 Å². The van der Waals surface area contributed by atoms with E-state index in [9.17, 15) is 9.18 Å². The van der Waals surface area contributed by atoms with Crippen LogP contribution in [0, 0.1) is 5.82 Å². The molecule has 1 aromatic heterocycles. The molecule has 1 aliphatic heterocycles. The summed E-state index contributed by atoms with van der Waals surface area (Å²) in [6.07, 6.45) is 0. The normalized spacial score (nSPS) is 13.9. The number of ether oxygens (including phenoxy) is 2. The van der Waals surface area contributed by atoms with Crippen LogP contribution in [0.1, 0.15) is 29.8 Å². The van der Waals surface area contributed by atoms with Crippen LogP contribution in [-0.2, 0) is 11.3 Å². The first kappa shape index (κ1) is 22.8. The van der Waals surface area contributed by atoms with E-state index >= 15 is 0 Å². The van der Waals surface area contributed by atoms with E-state index in [4.69, 9.17) is 14.0 Å². The maximum Gasteiger partial charge on any atom is 0.258 e. The van der Waals surface area contributed by atoms with Gasteiger partial charge in [-0.2, -0.15) is 0 Å². The Morgan fingerprint density at radius 2 is 1.85 bits per heavy atom. The Morgan fingerprint density at radius 3 is 2.52 bits per heavy atom. The molecule has 1 fully saturated rings. The van der Waals surface area contributed by atoms with Crippen molar-refractivity contribution in [1.29, 1.82) is 0 Å². The summed E-state index contributed by atoms with van der Waals surface area (Å²) < 4.78 is 30.2. The smallest absolute Gasteiger partial charge is 0.258 e. The van der Waals surface area contributed by atoms with Crippen molar-refractivity contribution in [3.05, 3.63) is 65.5 Å². The van der Waals surface area contributed by atoms with Gasteiger partial charge >= 0.3 is 0 Å². The largest absolute Gasteiger partial charge is 0.496 e. The number of methoxy groups -OCH3 is 1. The number of hydrogen-bond acceptors (Lipinski definition) is 6. The third kappa shape index (κ3) is 4.85. The van der Waals surface area contributed by atoms with Crippen LogP contribution in [0.15, 0.2) is 53.1 Å². The number of halogens is 1. The molecular weight excluding hydrogens is 425 g/mol. The maximum absolute atomic E-state index is 13.6. The Kier molecular flexibility index (Phi) is 6.93. The monoisotopic (exact) mass is 453 g/mol. The number of benzene rings is 2. The van der Waals surface area contributed by atoms with Crippen LogP contribution in [0.3, 0.4) is 0 Å². The molecule has 1 aliphatic rings. The van der Waals surface area contributed by atoms with Crippen LogP contribution in [0.2, 0.25) is 0 Å². The maximum atomic E-state index is 13.6. The van der Waals surface area contributed by atoms with Crippen LogP contribution >= 0.6 is 0 Å². The third-order valence-electron chi connectivity index (χ3n) is 5.73. The lowest BCUT2D eigenvalue weighted by Crippen LogP contribution is -2.39. The molecule has 8 heteroatoms. The standard InChI is InChI=1S/C25H28FN3O4/c1-17(2)29(24(30)20-6-4-5-7-22(20)31-3)16-21-23(18-8-10-19(26)11-9-18)27-33-25(21)28-12-14-32-15-13-28/h4-11,17H,12-16H2,1-3H3. The van der Waals surface area contributed by atoms with Crippen LogP contribution in [0.25, 0.3) is 11.3 Å². The molecule has 33 heavy (non-hydrogen) atoms. The number of morpholine rings is 1. The fourth-order valence-corrected chi connectivity index (χ4v) is 3.93. The highest BCUT2D eigenvalue weighted by molar-refractivity contribution is 5.97. The lowest BCUT2D eigenvalue weighted by atomic mass is 10.0. The zero-order valence-electron chi connectivity index (χ0n) is 19.1. The molecule has 174 valence electrons. The number of nitrogens with zero attached hydrogens (tertiary/aromatic N) is 3. The summed E-state index contributed by atoms with van der Waals surface area (Å²) in [7, 11) is 1.55. The minimum atomic E-state index is -0.327. The first-order chi connectivity index (χ1) is 16.0. The van der Waals surface area contributed by atoms with E-state index in [2.05, 4.69) is 10.1 Å². The fourth-order valence-electron chi connectivity index (χ4n) is 3.93. The summed E-state index contributed by atoms with van der Waals surface area (Å²) >= 11 is 0. The van der Waals surface area contributed by atoms with Crippen molar-refractivity contribution < 1.29 is 23.2 Å². The van der Waals surface area contributed by atoms with Gasteiger partial charge in [0, 0.05) is 24.7 Å². The first-order valence-electron chi connectivity index (χ1n) is 11.0. The summed E-state index contributed by atoms with van der Waals surface area (Å²) in [6.45, 7) is 6.69. The number of para-hydroxylation sites is 1. The molecule has 4 rings (SSSR count). The molecule has 0 aliphatic carbocycles. The Hall–Kier alpha value is -3.39. The van der Waals surface area contributed by atoms with Gasteiger partial charge in [-0.15, -0.1) is 0 Å². The second kappa shape index (κ2) is 10.0. The molecule has 0 N–H and O–H groups in total. The van der Waals surface area contributed by atoms with Gasteiger partial charge in [-0.05, 0) is 50.2 Å². The van der Waals surface area contributed by atoms with Gasteiger partial charge < -0.3 is 23.8 Å². The quantitative estimate of drug-likeness (QED) is 0.529. The van der Waals surface area contributed by atoms with Gasteiger partial charge in [-0.1, -0.05) is 17.3 Å². The Labute approximate surface area is 192 Å². The highest BCUT2D eigenvalue weighted by atomic mass is 19.1. The van der Waals surface area contributed by atoms with Crippen molar-refractivity contribution in [2.45, 2.75) is 26.4 Å². The molecule has 0 atom stereocenters. The van der Waals surface area contributed by atoms with Crippen LogP contribution in [0.4, 0.5) is 10.3 Å². The summed E-state index contributed by atoms with van der Waals surface area (Å²) in [5.41, 5.74) is 2.58. The molecule has 0 saturated carbocycles. The van der Waals surface area contributed by atoms with E-state index < -0.39 is 0 Å². The third-order valence-corrected chi connectivity index (χ3v) is 5.73. The Balaban J connectivity index is 1.75. The summed E-state index contributed by atoms with van der Waals surface area (Å²) in [4.78, 5) is 17.4. The predicted molar refractivity (Wildman–Crippen MR) is 123 cm³/mol. The van der Waals surface area contributed by atoms with E-state index in [1.54, 1.807) is 36.3 Å². The summed E-state index contributed by atoms with van der Waals surface area (Å²) in [5, 5.41) is 4.33. The molecule has 2 aromatic carbocycles. The molecule has 2 heterocycles. The van der Waals surface area contributed by atoms with Gasteiger partial charge in [0.25, 0.3) is 5.91 Å². The van der Waals surface area contributed by atoms with Crippen molar-refractivity contribution in [3.63, 3.8) is 0 Å². The number of carbonyl (C=O) groups excluding carboxylic acids is 1. The van der Waals surface area contributed by atoms with E-state index in [1.165, 1.54) is 12.1 Å². The van der Waals surface area contributed by atoms with Gasteiger partial charge in [0.2, 0.25) is 5.88 Å². The molecule has 1 amide bonds. The molecule has 0 spiro atoms. The van der Waals surface area contributed by atoms with Crippen LogP contribution in [-0.4, -0.2) is 55.4 Å². The average molecular weight is 454 g/mol. The molecule has 0 unspecified atom stereocenters. The molecular formula is C25H28FN3O4.